The highest BCUT2D eigenvalue weighted by atomic mass is 35.5. The fraction of sp³-hybridized carbons (Fsp3) is 0.429. The lowest BCUT2D eigenvalue weighted by Gasteiger charge is -2.23. The highest BCUT2D eigenvalue weighted by molar-refractivity contribution is 7.92. The molecule has 0 aromatic heterocycles. The molecule has 0 aliphatic rings. The Balaban J connectivity index is 2.74. The lowest BCUT2D eigenvalue weighted by Crippen LogP contribution is -2.19. The number of para-hydroxylation sites is 1. The summed E-state index contributed by atoms with van der Waals surface area (Å²) in [7, 11) is -3.87. The van der Waals surface area contributed by atoms with Crippen molar-refractivity contribution in [3.8, 4) is 0 Å². The molecule has 1 N–H and O–H groups in total. The van der Waals surface area contributed by atoms with E-state index in [2.05, 4.69) is 18.6 Å². The zero-order valence-electron chi connectivity index (χ0n) is 16.6. The van der Waals surface area contributed by atoms with E-state index in [4.69, 9.17) is 23.2 Å². The van der Waals surface area contributed by atoms with Gasteiger partial charge >= 0.3 is 0 Å². The van der Waals surface area contributed by atoms with Crippen molar-refractivity contribution in [2.24, 2.45) is 0 Å². The molecule has 0 aliphatic heterocycles. The Morgan fingerprint density at radius 3 is 1.63 bits per heavy atom. The van der Waals surface area contributed by atoms with Crippen LogP contribution in [0.25, 0.3) is 0 Å². The molecule has 0 spiro atoms. The van der Waals surface area contributed by atoms with Crippen molar-refractivity contribution in [3.63, 3.8) is 0 Å². The molecular weight excluding hydrogens is 401 g/mol. The molecule has 0 unspecified atom stereocenters. The van der Waals surface area contributed by atoms with Crippen LogP contribution in [-0.4, -0.2) is 8.42 Å². The monoisotopic (exact) mass is 427 g/mol. The molecule has 2 aromatic carbocycles. The van der Waals surface area contributed by atoms with Crippen LogP contribution < -0.4 is 4.72 Å². The Morgan fingerprint density at radius 2 is 1.26 bits per heavy atom. The quantitative estimate of drug-likeness (QED) is 0.530. The van der Waals surface area contributed by atoms with Crippen molar-refractivity contribution in [2.75, 3.05) is 4.72 Å². The lowest BCUT2D eigenvalue weighted by atomic mass is 9.89. The lowest BCUT2D eigenvalue weighted by molar-refractivity contribution is 0.595. The van der Waals surface area contributed by atoms with Crippen LogP contribution in [0.2, 0.25) is 10.0 Å². The Hall–Kier alpha value is -1.23. The molecule has 6 heteroatoms. The van der Waals surface area contributed by atoms with E-state index in [-0.39, 0.29) is 27.6 Å². The minimum Gasteiger partial charge on any atom is -0.277 e. The van der Waals surface area contributed by atoms with Crippen molar-refractivity contribution < 1.29 is 8.42 Å². The van der Waals surface area contributed by atoms with E-state index in [0.717, 1.165) is 16.7 Å². The average molecular weight is 428 g/mol. The van der Waals surface area contributed by atoms with Crippen molar-refractivity contribution in [1.29, 1.82) is 0 Å². The van der Waals surface area contributed by atoms with Gasteiger partial charge < -0.3 is 0 Å². The Bertz CT molecular complexity index is 886. The molecule has 0 saturated carbocycles. The van der Waals surface area contributed by atoms with E-state index in [1.165, 1.54) is 0 Å². The minimum atomic E-state index is -3.87. The van der Waals surface area contributed by atoms with Crippen molar-refractivity contribution in [1.82, 2.24) is 0 Å². The zero-order chi connectivity index (χ0) is 20.5. The third-order valence-corrected chi connectivity index (χ3v) is 6.66. The summed E-state index contributed by atoms with van der Waals surface area (Å²) in [6.07, 6.45) is 0. The molecule has 0 radical (unpaired) electrons. The van der Waals surface area contributed by atoms with E-state index in [1.54, 1.807) is 18.2 Å². The van der Waals surface area contributed by atoms with E-state index in [0.29, 0.717) is 10.8 Å². The molecule has 0 heterocycles. The maximum Gasteiger partial charge on any atom is 0.262 e. The van der Waals surface area contributed by atoms with Crippen molar-refractivity contribution in [3.05, 3.63) is 57.1 Å². The van der Waals surface area contributed by atoms with Crippen LogP contribution in [0.15, 0.2) is 35.2 Å². The van der Waals surface area contributed by atoms with Crippen molar-refractivity contribution >= 4 is 38.9 Å². The first-order valence-corrected chi connectivity index (χ1v) is 11.3. The maximum absolute atomic E-state index is 13.4. The smallest absolute Gasteiger partial charge is 0.262 e. The van der Waals surface area contributed by atoms with Crippen LogP contribution in [-0.2, 0) is 10.0 Å². The molecule has 2 rings (SSSR count). The van der Waals surface area contributed by atoms with E-state index in [1.807, 2.05) is 39.8 Å². The van der Waals surface area contributed by atoms with Gasteiger partial charge in [-0.3, -0.25) is 4.72 Å². The number of benzene rings is 2. The number of nitrogens with one attached hydrogen (secondary N) is 1. The molecule has 0 fully saturated rings. The fourth-order valence-corrected chi connectivity index (χ4v) is 5.39. The van der Waals surface area contributed by atoms with Gasteiger partial charge in [-0.25, -0.2) is 8.42 Å². The maximum atomic E-state index is 13.4. The van der Waals surface area contributed by atoms with Crippen LogP contribution in [0, 0.1) is 0 Å². The first-order chi connectivity index (χ1) is 12.5. The largest absolute Gasteiger partial charge is 0.277 e. The summed E-state index contributed by atoms with van der Waals surface area (Å²) in [5.41, 5.74) is 2.96. The van der Waals surface area contributed by atoms with Gasteiger partial charge in [0.15, 0.2) is 0 Å². The summed E-state index contributed by atoms with van der Waals surface area (Å²) in [5, 5.41) is 0.532. The van der Waals surface area contributed by atoms with E-state index < -0.39 is 10.0 Å². The predicted molar refractivity (Wildman–Crippen MR) is 116 cm³/mol. The second-order valence-electron chi connectivity index (χ2n) is 7.69. The Morgan fingerprint density at radius 1 is 0.815 bits per heavy atom. The van der Waals surface area contributed by atoms with Crippen LogP contribution in [0.3, 0.4) is 0 Å². The average Bonchev–Trinajstić information content (AvgIpc) is 2.56. The normalized spacial score (nSPS) is 12.3. The van der Waals surface area contributed by atoms with Crippen LogP contribution >= 0.6 is 23.2 Å². The third-order valence-electron chi connectivity index (χ3n) is 4.55. The van der Waals surface area contributed by atoms with Gasteiger partial charge in [-0.15, -0.1) is 0 Å². The summed E-state index contributed by atoms with van der Waals surface area (Å²) in [5.74, 6) is 0.409. The second kappa shape index (κ2) is 8.42. The SMILES string of the molecule is CC(C)c1cc(C(C)C)c(S(=O)(=O)Nc2c(Cl)cccc2Cl)c(C(C)C)c1. The van der Waals surface area contributed by atoms with Gasteiger partial charge in [-0.2, -0.15) is 0 Å². The Kier molecular flexibility index (Phi) is 6.88. The van der Waals surface area contributed by atoms with Gasteiger partial charge in [0.25, 0.3) is 10.0 Å². The summed E-state index contributed by atoms with van der Waals surface area (Å²) < 4.78 is 29.4. The third kappa shape index (κ3) is 4.79. The van der Waals surface area contributed by atoms with Gasteiger partial charge in [0.05, 0.1) is 20.6 Å². The topological polar surface area (TPSA) is 46.2 Å². The molecule has 3 nitrogen and oxygen atoms in total. The van der Waals surface area contributed by atoms with Gasteiger partial charge in [-0.1, -0.05) is 82.9 Å². The summed E-state index contributed by atoms with van der Waals surface area (Å²) in [6.45, 7) is 12.2. The molecule has 0 bridgehead atoms. The predicted octanol–water partition coefficient (Wildman–Crippen LogP) is 7.16. The molecule has 0 aliphatic carbocycles. The first-order valence-electron chi connectivity index (χ1n) is 9.10. The number of anilines is 1. The number of sulfonamides is 1. The summed E-state index contributed by atoms with van der Waals surface area (Å²) in [4.78, 5) is 0.327. The van der Waals surface area contributed by atoms with Gasteiger partial charge in [0, 0.05) is 0 Å². The molecular formula is C21H27Cl2NO2S. The van der Waals surface area contributed by atoms with Gasteiger partial charge in [0.2, 0.25) is 0 Å². The fourth-order valence-electron chi connectivity index (χ4n) is 2.98. The molecule has 148 valence electrons. The van der Waals surface area contributed by atoms with E-state index >= 15 is 0 Å². The standard InChI is InChI=1S/C21H27Cl2NO2S/c1-12(2)15-10-16(13(3)4)21(17(11-15)14(5)6)27(25,26)24-20-18(22)8-7-9-19(20)23/h7-14,24H,1-6H3. The highest BCUT2D eigenvalue weighted by Crippen LogP contribution is 2.38. The van der Waals surface area contributed by atoms with E-state index in [9.17, 15) is 8.42 Å². The minimum absolute atomic E-state index is 0.0505. The van der Waals surface area contributed by atoms with Crippen LogP contribution in [0.5, 0.6) is 0 Å². The number of hydrogen-bond acceptors (Lipinski definition) is 2. The highest BCUT2D eigenvalue weighted by Gasteiger charge is 2.28. The first kappa shape index (κ1) is 22.1. The molecule has 0 amide bonds. The summed E-state index contributed by atoms with van der Waals surface area (Å²) in [6, 6.07) is 8.91. The second-order valence-corrected chi connectivity index (χ2v) is 10.1. The van der Waals surface area contributed by atoms with Crippen LogP contribution in [0.1, 0.15) is 76.0 Å². The van der Waals surface area contributed by atoms with Gasteiger partial charge in [-0.05, 0) is 46.6 Å². The number of halogens is 2. The molecule has 27 heavy (non-hydrogen) atoms. The van der Waals surface area contributed by atoms with Crippen molar-refractivity contribution in [2.45, 2.75) is 64.2 Å². The number of hydrogen-bond donors (Lipinski definition) is 1. The van der Waals surface area contributed by atoms with Gasteiger partial charge in [0.1, 0.15) is 0 Å². The number of rotatable bonds is 6. The Labute approximate surface area is 173 Å². The molecule has 0 atom stereocenters. The summed E-state index contributed by atoms with van der Waals surface area (Å²) >= 11 is 12.4. The molecule has 0 saturated heterocycles. The zero-order valence-corrected chi connectivity index (χ0v) is 18.9. The van der Waals surface area contributed by atoms with Crippen LogP contribution in [0.4, 0.5) is 5.69 Å². The molecule has 2 aromatic rings.